The summed E-state index contributed by atoms with van der Waals surface area (Å²) < 4.78 is 0. The molecule has 13 heteroatoms. The van der Waals surface area contributed by atoms with Crippen LogP contribution in [0, 0.1) is 5.92 Å². The summed E-state index contributed by atoms with van der Waals surface area (Å²) in [5, 5.41) is 35.4. The molecule has 0 aliphatic rings. The zero-order valence-electron chi connectivity index (χ0n) is 18.7. The Morgan fingerprint density at radius 2 is 1.31 bits per heavy atom. The Hall–Kier alpha value is -2.77. The van der Waals surface area contributed by atoms with E-state index in [2.05, 4.69) is 16.0 Å². The molecule has 0 radical (unpaired) electrons. The van der Waals surface area contributed by atoms with Crippen molar-refractivity contribution in [3.8, 4) is 0 Å². The SMILES string of the molecule is CC(C)CC(NC(=O)C(N)CCC(N)=O)C(=O)NC(C(=O)NC(C(=O)O)C(C)O)C(C)O. The fraction of sp³-hybridized carbons (Fsp3) is 0.737. The normalized spacial score (nSPS) is 16.8. The van der Waals surface area contributed by atoms with E-state index in [9.17, 15) is 34.2 Å². The molecule has 0 aliphatic carbocycles. The molecule has 4 amide bonds. The number of hydrogen-bond acceptors (Lipinski definition) is 8. The third kappa shape index (κ3) is 10.5. The summed E-state index contributed by atoms with van der Waals surface area (Å²) in [6.45, 7) is 5.94. The van der Waals surface area contributed by atoms with E-state index in [0.717, 1.165) is 6.92 Å². The van der Waals surface area contributed by atoms with E-state index in [1.165, 1.54) is 6.92 Å². The van der Waals surface area contributed by atoms with E-state index >= 15 is 0 Å². The summed E-state index contributed by atoms with van der Waals surface area (Å²) in [6.07, 6.45) is -2.83. The number of amides is 4. The smallest absolute Gasteiger partial charge is 0.328 e. The zero-order chi connectivity index (χ0) is 25.2. The first-order valence-corrected chi connectivity index (χ1v) is 10.2. The van der Waals surface area contributed by atoms with Gasteiger partial charge < -0.3 is 42.7 Å². The molecule has 0 heterocycles. The quantitative estimate of drug-likeness (QED) is 0.131. The van der Waals surface area contributed by atoms with Crippen LogP contribution >= 0.6 is 0 Å². The Balaban J connectivity index is 5.39. The van der Waals surface area contributed by atoms with Crippen LogP contribution in [0.5, 0.6) is 0 Å². The van der Waals surface area contributed by atoms with Crippen molar-refractivity contribution in [2.45, 2.75) is 83.3 Å². The van der Waals surface area contributed by atoms with Crippen molar-refractivity contribution in [3.05, 3.63) is 0 Å². The average molecular weight is 462 g/mol. The van der Waals surface area contributed by atoms with Gasteiger partial charge in [-0.25, -0.2) is 4.79 Å². The molecule has 13 nitrogen and oxygen atoms in total. The highest BCUT2D eigenvalue weighted by atomic mass is 16.4. The van der Waals surface area contributed by atoms with Crippen LogP contribution in [0.3, 0.4) is 0 Å². The number of carbonyl (C=O) groups excluding carboxylic acids is 4. The highest BCUT2D eigenvalue weighted by Gasteiger charge is 2.34. The van der Waals surface area contributed by atoms with Crippen LogP contribution in [0.2, 0.25) is 0 Å². The van der Waals surface area contributed by atoms with Gasteiger partial charge in [0.1, 0.15) is 12.1 Å². The van der Waals surface area contributed by atoms with Gasteiger partial charge in [0.05, 0.1) is 18.2 Å². The number of carboxylic acid groups (broad SMARTS) is 1. The first-order chi connectivity index (χ1) is 14.7. The van der Waals surface area contributed by atoms with Crippen LogP contribution in [0.1, 0.15) is 47.0 Å². The highest BCUT2D eigenvalue weighted by Crippen LogP contribution is 2.08. The molecule has 0 fully saturated rings. The molecule has 32 heavy (non-hydrogen) atoms. The van der Waals surface area contributed by atoms with Crippen LogP contribution in [-0.2, 0) is 24.0 Å². The first kappa shape index (κ1) is 29.2. The predicted molar refractivity (Wildman–Crippen MR) is 113 cm³/mol. The molecule has 0 aliphatic heterocycles. The molecule has 0 aromatic rings. The molecule has 10 N–H and O–H groups in total. The van der Waals surface area contributed by atoms with Crippen molar-refractivity contribution >= 4 is 29.6 Å². The number of primary amides is 1. The number of nitrogens with two attached hydrogens (primary N) is 2. The van der Waals surface area contributed by atoms with E-state index in [1.807, 2.05) is 0 Å². The lowest BCUT2D eigenvalue weighted by Gasteiger charge is -2.27. The largest absolute Gasteiger partial charge is 0.480 e. The maximum atomic E-state index is 12.8. The summed E-state index contributed by atoms with van der Waals surface area (Å²) in [5.74, 6) is -4.73. The maximum Gasteiger partial charge on any atom is 0.328 e. The van der Waals surface area contributed by atoms with Crippen LogP contribution < -0.4 is 27.4 Å². The van der Waals surface area contributed by atoms with Gasteiger partial charge in [-0.3, -0.25) is 19.2 Å². The van der Waals surface area contributed by atoms with E-state index in [4.69, 9.17) is 16.6 Å². The number of aliphatic hydroxyl groups is 2. The van der Waals surface area contributed by atoms with Gasteiger partial charge in [-0.2, -0.15) is 0 Å². The monoisotopic (exact) mass is 461 g/mol. The number of rotatable bonds is 14. The van der Waals surface area contributed by atoms with Gasteiger partial charge >= 0.3 is 5.97 Å². The number of hydrogen-bond donors (Lipinski definition) is 8. The summed E-state index contributed by atoms with van der Waals surface area (Å²) >= 11 is 0. The number of nitrogens with one attached hydrogen (secondary N) is 3. The number of aliphatic hydroxyl groups excluding tert-OH is 2. The second-order valence-corrected chi connectivity index (χ2v) is 8.09. The van der Waals surface area contributed by atoms with E-state index < -0.39 is 66.0 Å². The van der Waals surface area contributed by atoms with Gasteiger partial charge in [-0.05, 0) is 32.6 Å². The van der Waals surface area contributed by atoms with Crippen LogP contribution in [-0.4, -0.2) is 81.3 Å². The minimum absolute atomic E-state index is 0.0220. The topological polar surface area (TPSA) is 234 Å². The van der Waals surface area contributed by atoms with Gasteiger partial charge in [-0.1, -0.05) is 13.8 Å². The lowest BCUT2D eigenvalue weighted by molar-refractivity contribution is -0.146. The molecule has 184 valence electrons. The molecular weight excluding hydrogens is 426 g/mol. The van der Waals surface area contributed by atoms with E-state index in [0.29, 0.717) is 0 Å². The van der Waals surface area contributed by atoms with Gasteiger partial charge in [0.2, 0.25) is 23.6 Å². The van der Waals surface area contributed by atoms with E-state index in [1.54, 1.807) is 13.8 Å². The summed E-state index contributed by atoms with van der Waals surface area (Å²) in [6, 6.07) is -5.43. The summed E-state index contributed by atoms with van der Waals surface area (Å²) in [7, 11) is 0. The number of carboxylic acids is 1. The average Bonchev–Trinajstić information content (AvgIpc) is 2.65. The minimum Gasteiger partial charge on any atom is -0.480 e. The molecule has 6 unspecified atom stereocenters. The van der Waals surface area contributed by atoms with E-state index in [-0.39, 0.29) is 25.2 Å². The second-order valence-electron chi connectivity index (χ2n) is 8.09. The molecule has 0 saturated heterocycles. The number of carbonyl (C=O) groups is 5. The second kappa shape index (κ2) is 13.6. The molecule has 0 bridgehead atoms. The molecule has 6 atom stereocenters. The summed E-state index contributed by atoms with van der Waals surface area (Å²) in [5.41, 5.74) is 10.8. The predicted octanol–water partition coefficient (Wildman–Crippen LogP) is -3.07. The third-order valence-corrected chi connectivity index (χ3v) is 4.49. The van der Waals surface area contributed by atoms with Crippen molar-refractivity contribution in [3.63, 3.8) is 0 Å². The molecular formula is C19H35N5O8. The molecule has 0 aromatic heterocycles. The lowest BCUT2D eigenvalue weighted by atomic mass is 10.0. The third-order valence-electron chi connectivity index (χ3n) is 4.49. The van der Waals surface area contributed by atoms with Crippen molar-refractivity contribution in [2.75, 3.05) is 0 Å². The Morgan fingerprint density at radius 1 is 0.812 bits per heavy atom. The maximum absolute atomic E-state index is 12.8. The van der Waals surface area contributed by atoms with Gasteiger partial charge in [0.25, 0.3) is 0 Å². The Labute approximate surface area is 186 Å². The molecule has 0 aromatic carbocycles. The molecule has 0 spiro atoms. The first-order valence-electron chi connectivity index (χ1n) is 10.2. The van der Waals surface area contributed by atoms with Crippen molar-refractivity contribution in [1.82, 2.24) is 16.0 Å². The van der Waals surface area contributed by atoms with Gasteiger partial charge in [-0.15, -0.1) is 0 Å². The van der Waals surface area contributed by atoms with Gasteiger partial charge in [0, 0.05) is 6.42 Å². The summed E-state index contributed by atoms with van der Waals surface area (Å²) in [4.78, 5) is 59.6. The zero-order valence-corrected chi connectivity index (χ0v) is 18.7. The highest BCUT2D eigenvalue weighted by molar-refractivity contribution is 5.94. The lowest BCUT2D eigenvalue weighted by Crippen LogP contribution is -2.61. The van der Waals surface area contributed by atoms with Crippen molar-refractivity contribution in [1.29, 1.82) is 0 Å². The molecule has 0 saturated carbocycles. The standard InChI is InChI=1S/C19H35N5O8/c1-8(2)7-12(22-16(28)11(20)5-6-13(21)27)17(29)23-14(9(3)25)18(30)24-15(10(4)26)19(31)32/h8-12,14-15,25-26H,5-7,20H2,1-4H3,(H2,21,27)(H,22,28)(H,23,29)(H,24,30)(H,31,32). The van der Waals surface area contributed by atoms with Crippen LogP contribution in [0.15, 0.2) is 0 Å². The molecule has 0 rings (SSSR count). The Kier molecular flexibility index (Phi) is 12.4. The van der Waals surface area contributed by atoms with Gasteiger partial charge in [0.15, 0.2) is 6.04 Å². The fourth-order valence-corrected chi connectivity index (χ4v) is 2.70. The Bertz CT molecular complexity index is 683. The minimum atomic E-state index is -1.66. The van der Waals surface area contributed by atoms with Crippen molar-refractivity contribution < 1.29 is 39.3 Å². The van der Waals surface area contributed by atoms with Crippen molar-refractivity contribution in [2.24, 2.45) is 17.4 Å². The van der Waals surface area contributed by atoms with Crippen LogP contribution in [0.4, 0.5) is 0 Å². The van der Waals surface area contributed by atoms with Crippen LogP contribution in [0.25, 0.3) is 0 Å². The fourth-order valence-electron chi connectivity index (χ4n) is 2.70. The Morgan fingerprint density at radius 3 is 1.72 bits per heavy atom. The number of aliphatic carboxylic acids is 1.